The molecule has 3 aromatic rings. The fourth-order valence-electron chi connectivity index (χ4n) is 2.21. The van der Waals surface area contributed by atoms with E-state index in [-0.39, 0.29) is 0 Å². The van der Waals surface area contributed by atoms with E-state index < -0.39 is 0 Å². The normalized spacial score (nSPS) is 10.9. The molecule has 0 radical (unpaired) electrons. The van der Waals surface area contributed by atoms with Gasteiger partial charge in [0.2, 0.25) is 0 Å². The second kappa shape index (κ2) is 6.25. The van der Waals surface area contributed by atoms with Gasteiger partial charge in [0, 0.05) is 13.0 Å². The minimum absolute atomic E-state index is 0.711. The van der Waals surface area contributed by atoms with E-state index in [0.29, 0.717) is 6.54 Å². The van der Waals surface area contributed by atoms with Crippen molar-refractivity contribution in [3.05, 3.63) is 53.9 Å². The van der Waals surface area contributed by atoms with E-state index in [0.717, 1.165) is 31.0 Å². The zero-order valence-electron chi connectivity index (χ0n) is 11.9. The third-order valence-corrected chi connectivity index (χ3v) is 3.41. The number of benzene rings is 1. The molecule has 0 aliphatic heterocycles. The molecule has 0 amide bonds. The smallest absolute Gasteiger partial charge is 0.148 e. The zero-order chi connectivity index (χ0) is 14.5. The Morgan fingerprint density at radius 1 is 1.00 bits per heavy atom. The van der Waals surface area contributed by atoms with Crippen LogP contribution in [0.3, 0.4) is 0 Å². The SMILES string of the molecule is Cc1nnnn1CCc1ncnn1CCc1ccccc1. The molecular formula is C14H17N7. The first-order chi connectivity index (χ1) is 10.3. The van der Waals surface area contributed by atoms with Crippen LogP contribution in [-0.4, -0.2) is 35.0 Å². The summed E-state index contributed by atoms with van der Waals surface area (Å²) in [6.45, 7) is 3.43. The molecule has 0 saturated heterocycles. The van der Waals surface area contributed by atoms with Crippen molar-refractivity contribution in [1.82, 2.24) is 35.0 Å². The number of nitrogens with zero attached hydrogens (tertiary/aromatic N) is 7. The van der Waals surface area contributed by atoms with Crippen LogP contribution in [0.15, 0.2) is 36.7 Å². The Hall–Kier alpha value is -2.57. The predicted octanol–water partition coefficient (Wildman–Crippen LogP) is 1.06. The molecule has 7 heteroatoms. The lowest BCUT2D eigenvalue weighted by Crippen LogP contribution is -2.12. The molecule has 0 N–H and O–H groups in total. The number of tetrazole rings is 1. The number of hydrogen-bond acceptors (Lipinski definition) is 5. The van der Waals surface area contributed by atoms with Gasteiger partial charge in [0.25, 0.3) is 0 Å². The van der Waals surface area contributed by atoms with Crippen LogP contribution in [0.2, 0.25) is 0 Å². The minimum Gasteiger partial charge on any atom is -0.250 e. The molecule has 21 heavy (non-hydrogen) atoms. The van der Waals surface area contributed by atoms with Gasteiger partial charge >= 0.3 is 0 Å². The van der Waals surface area contributed by atoms with Crippen LogP contribution in [-0.2, 0) is 25.9 Å². The molecule has 0 aliphatic rings. The van der Waals surface area contributed by atoms with Crippen LogP contribution < -0.4 is 0 Å². The number of hydrogen-bond donors (Lipinski definition) is 0. The molecule has 108 valence electrons. The lowest BCUT2D eigenvalue weighted by atomic mass is 10.1. The predicted molar refractivity (Wildman–Crippen MR) is 76.4 cm³/mol. The standard InChI is InChI=1S/C14H17N7/c1-12-17-18-19-20(12)10-8-14-15-11-16-21(14)9-7-13-5-3-2-4-6-13/h2-6,11H,7-10H2,1H3. The van der Waals surface area contributed by atoms with Crippen molar-refractivity contribution in [3.8, 4) is 0 Å². The van der Waals surface area contributed by atoms with Crippen LogP contribution in [0.25, 0.3) is 0 Å². The van der Waals surface area contributed by atoms with Gasteiger partial charge in [0.1, 0.15) is 18.0 Å². The molecule has 0 atom stereocenters. The second-order valence-corrected chi connectivity index (χ2v) is 4.83. The van der Waals surface area contributed by atoms with Crippen LogP contribution >= 0.6 is 0 Å². The zero-order valence-corrected chi connectivity index (χ0v) is 11.9. The Morgan fingerprint density at radius 2 is 1.81 bits per heavy atom. The lowest BCUT2D eigenvalue weighted by molar-refractivity contribution is 0.524. The highest BCUT2D eigenvalue weighted by Gasteiger charge is 2.07. The third kappa shape index (κ3) is 3.31. The first-order valence-electron chi connectivity index (χ1n) is 6.96. The van der Waals surface area contributed by atoms with Gasteiger partial charge in [-0.3, -0.25) is 0 Å². The highest BCUT2D eigenvalue weighted by molar-refractivity contribution is 5.14. The van der Waals surface area contributed by atoms with E-state index >= 15 is 0 Å². The summed E-state index contributed by atoms with van der Waals surface area (Å²) in [6.07, 6.45) is 3.31. The maximum atomic E-state index is 4.33. The largest absolute Gasteiger partial charge is 0.250 e. The molecule has 0 aliphatic carbocycles. The Morgan fingerprint density at radius 3 is 2.57 bits per heavy atom. The van der Waals surface area contributed by atoms with Gasteiger partial charge in [-0.15, -0.1) is 5.10 Å². The van der Waals surface area contributed by atoms with E-state index in [4.69, 9.17) is 0 Å². The number of aromatic nitrogens is 7. The summed E-state index contributed by atoms with van der Waals surface area (Å²) in [5.74, 6) is 1.77. The van der Waals surface area contributed by atoms with Gasteiger partial charge in [-0.1, -0.05) is 30.3 Å². The Bertz CT molecular complexity index is 686. The molecule has 0 bridgehead atoms. The monoisotopic (exact) mass is 283 g/mol. The van der Waals surface area contributed by atoms with E-state index in [2.05, 4.69) is 49.9 Å². The molecule has 1 aromatic carbocycles. The van der Waals surface area contributed by atoms with Gasteiger partial charge in [-0.05, 0) is 29.3 Å². The first kappa shape index (κ1) is 13.4. The van der Waals surface area contributed by atoms with E-state index in [1.54, 1.807) is 11.0 Å². The van der Waals surface area contributed by atoms with Crippen molar-refractivity contribution in [3.63, 3.8) is 0 Å². The topological polar surface area (TPSA) is 74.3 Å². The second-order valence-electron chi connectivity index (χ2n) is 4.83. The molecule has 2 heterocycles. The molecule has 7 nitrogen and oxygen atoms in total. The van der Waals surface area contributed by atoms with Crippen LogP contribution in [0.5, 0.6) is 0 Å². The Balaban J connectivity index is 1.60. The minimum atomic E-state index is 0.711. The number of aryl methyl sites for hydroxylation is 5. The van der Waals surface area contributed by atoms with Crippen molar-refractivity contribution in [2.45, 2.75) is 32.9 Å². The molecule has 2 aromatic heterocycles. The fraction of sp³-hybridized carbons (Fsp3) is 0.357. The molecule has 0 spiro atoms. The quantitative estimate of drug-likeness (QED) is 0.676. The first-order valence-corrected chi connectivity index (χ1v) is 6.96. The van der Waals surface area contributed by atoms with Crippen molar-refractivity contribution in [2.75, 3.05) is 0 Å². The number of rotatable bonds is 6. The fourth-order valence-corrected chi connectivity index (χ4v) is 2.21. The Kier molecular flexibility index (Phi) is 3.99. The molecule has 0 saturated carbocycles. The molecular weight excluding hydrogens is 266 g/mol. The van der Waals surface area contributed by atoms with Gasteiger partial charge in [-0.2, -0.15) is 5.10 Å². The van der Waals surface area contributed by atoms with Crippen molar-refractivity contribution in [2.24, 2.45) is 0 Å². The summed E-state index contributed by atoms with van der Waals surface area (Å²) in [7, 11) is 0. The lowest BCUT2D eigenvalue weighted by Gasteiger charge is -2.06. The van der Waals surface area contributed by atoms with Gasteiger partial charge in [0.05, 0.1) is 6.54 Å². The molecule has 3 rings (SSSR count). The van der Waals surface area contributed by atoms with Crippen molar-refractivity contribution < 1.29 is 0 Å². The summed E-state index contributed by atoms with van der Waals surface area (Å²) < 4.78 is 3.73. The maximum absolute atomic E-state index is 4.33. The summed E-state index contributed by atoms with van der Waals surface area (Å²) in [6, 6.07) is 10.4. The summed E-state index contributed by atoms with van der Waals surface area (Å²) in [5, 5.41) is 15.7. The summed E-state index contributed by atoms with van der Waals surface area (Å²) >= 11 is 0. The van der Waals surface area contributed by atoms with E-state index in [1.165, 1.54) is 5.56 Å². The van der Waals surface area contributed by atoms with Crippen LogP contribution in [0.1, 0.15) is 17.2 Å². The molecule has 0 unspecified atom stereocenters. The van der Waals surface area contributed by atoms with E-state index in [9.17, 15) is 0 Å². The van der Waals surface area contributed by atoms with E-state index in [1.807, 2.05) is 17.7 Å². The van der Waals surface area contributed by atoms with Crippen LogP contribution in [0, 0.1) is 6.92 Å². The average molecular weight is 283 g/mol. The highest BCUT2D eigenvalue weighted by atomic mass is 15.5. The Labute approximate surface area is 122 Å². The van der Waals surface area contributed by atoms with Crippen molar-refractivity contribution >= 4 is 0 Å². The molecule has 0 fully saturated rings. The van der Waals surface area contributed by atoms with Crippen molar-refractivity contribution in [1.29, 1.82) is 0 Å². The third-order valence-electron chi connectivity index (χ3n) is 3.41. The summed E-state index contributed by atoms with van der Waals surface area (Å²) in [5.41, 5.74) is 1.30. The highest BCUT2D eigenvalue weighted by Crippen LogP contribution is 2.04. The maximum Gasteiger partial charge on any atom is 0.148 e. The van der Waals surface area contributed by atoms with Gasteiger partial charge < -0.3 is 0 Å². The van der Waals surface area contributed by atoms with Crippen LogP contribution in [0.4, 0.5) is 0 Å². The van der Waals surface area contributed by atoms with Gasteiger partial charge in [0.15, 0.2) is 0 Å². The average Bonchev–Trinajstić information content (AvgIpc) is 3.13. The summed E-state index contributed by atoms with van der Waals surface area (Å²) in [4.78, 5) is 4.33. The van der Waals surface area contributed by atoms with Gasteiger partial charge in [-0.25, -0.2) is 14.3 Å².